The Kier molecular flexibility index (Phi) is 5.28. The van der Waals surface area contributed by atoms with Gasteiger partial charge in [-0.1, -0.05) is 23.2 Å². The van der Waals surface area contributed by atoms with E-state index in [0.717, 1.165) is 28.9 Å². The monoisotopic (exact) mass is 499 g/mol. The molecule has 1 aromatic heterocycles. The molecule has 2 aromatic carbocycles. The van der Waals surface area contributed by atoms with Gasteiger partial charge < -0.3 is 15.0 Å². The molecule has 0 spiro atoms. The molecule has 1 atom stereocenters. The highest BCUT2D eigenvalue weighted by atomic mass is 35.5. The minimum atomic E-state index is -0.874. The van der Waals surface area contributed by atoms with Crippen molar-refractivity contribution in [3.63, 3.8) is 0 Å². The van der Waals surface area contributed by atoms with E-state index in [1.165, 1.54) is 12.1 Å². The standard InChI is InChI=1S/C22H19Cl2N7O3/c1-22(5-6-22)30-17-9-12(3-4-15(17)27-20(30)26-2)34-18-13(23)7-11(8-14(18)24)31-21(33)28-19(32)16(10-25)29-31/h3-4,7-9,20,26-27H,5-6H2,1-2H3,(H,28,32,33). The lowest BCUT2D eigenvalue weighted by molar-refractivity contribution is 0.481. The zero-order chi connectivity index (χ0) is 24.2. The number of hydrogen-bond donors (Lipinski definition) is 3. The van der Waals surface area contributed by atoms with E-state index in [1.807, 2.05) is 30.2 Å². The Morgan fingerprint density at radius 1 is 1.24 bits per heavy atom. The molecule has 2 heterocycles. The maximum Gasteiger partial charge on any atom is 0.349 e. The van der Waals surface area contributed by atoms with E-state index in [9.17, 15) is 9.59 Å². The first-order valence-corrected chi connectivity index (χ1v) is 11.2. The highest BCUT2D eigenvalue weighted by Crippen LogP contribution is 2.50. The smallest absolute Gasteiger partial charge is 0.349 e. The summed E-state index contributed by atoms with van der Waals surface area (Å²) < 4.78 is 6.89. The van der Waals surface area contributed by atoms with E-state index in [1.54, 1.807) is 6.07 Å². The number of anilines is 2. The second kappa shape index (κ2) is 8.06. The molecule has 10 nitrogen and oxygen atoms in total. The molecule has 0 amide bonds. The predicted octanol–water partition coefficient (Wildman–Crippen LogP) is 3.18. The van der Waals surface area contributed by atoms with Gasteiger partial charge in [-0.15, -0.1) is 5.10 Å². The molecule has 3 N–H and O–H groups in total. The summed E-state index contributed by atoms with van der Waals surface area (Å²) in [4.78, 5) is 28.1. The Hall–Kier alpha value is -3.52. The molecule has 0 radical (unpaired) electrons. The fourth-order valence-electron chi connectivity index (χ4n) is 4.01. The Morgan fingerprint density at radius 3 is 2.56 bits per heavy atom. The fraction of sp³-hybridized carbons (Fsp3) is 0.273. The minimum absolute atomic E-state index is 0.0226. The molecule has 1 fully saturated rings. The number of nitrogens with zero attached hydrogens (tertiary/aromatic N) is 4. The zero-order valence-electron chi connectivity index (χ0n) is 18.1. The van der Waals surface area contributed by atoms with Gasteiger partial charge in [-0.3, -0.25) is 15.1 Å². The second-order valence-electron chi connectivity index (χ2n) is 8.35. The van der Waals surface area contributed by atoms with Crippen LogP contribution in [0.5, 0.6) is 11.5 Å². The Bertz CT molecular complexity index is 1450. The van der Waals surface area contributed by atoms with Gasteiger partial charge in [0.2, 0.25) is 5.69 Å². The number of aromatic amines is 1. The fourth-order valence-corrected chi connectivity index (χ4v) is 4.56. The van der Waals surface area contributed by atoms with Crippen LogP contribution in [0.3, 0.4) is 0 Å². The summed E-state index contributed by atoms with van der Waals surface area (Å²) in [5, 5.41) is 19.8. The van der Waals surface area contributed by atoms with Gasteiger partial charge in [-0.05, 0) is 51.1 Å². The van der Waals surface area contributed by atoms with Gasteiger partial charge in [0.05, 0.1) is 27.1 Å². The topological polar surface area (TPSA) is 128 Å². The van der Waals surface area contributed by atoms with E-state index in [0.29, 0.717) is 5.75 Å². The Morgan fingerprint density at radius 2 is 1.94 bits per heavy atom. The first kappa shape index (κ1) is 22.3. The van der Waals surface area contributed by atoms with Crippen LogP contribution in [0.1, 0.15) is 25.5 Å². The van der Waals surface area contributed by atoms with Crippen molar-refractivity contribution in [1.29, 1.82) is 5.26 Å². The highest BCUT2D eigenvalue weighted by molar-refractivity contribution is 6.37. The Balaban J connectivity index is 1.49. The van der Waals surface area contributed by atoms with Crippen LogP contribution in [0.25, 0.3) is 5.69 Å². The molecule has 12 heteroatoms. The zero-order valence-corrected chi connectivity index (χ0v) is 19.7. The number of fused-ring (bicyclic) bond motifs is 1. The summed E-state index contributed by atoms with van der Waals surface area (Å²) in [7, 11) is 1.91. The quantitative estimate of drug-likeness (QED) is 0.488. The van der Waals surface area contributed by atoms with E-state index in [4.69, 9.17) is 33.2 Å². The SMILES string of the molecule is CNC1Nc2ccc(Oc3c(Cl)cc(-n4nc(C#N)c(=O)[nH]c4=O)cc3Cl)cc2N1C1(C)CC1. The number of benzene rings is 2. The molecule has 5 rings (SSSR count). The van der Waals surface area contributed by atoms with Crippen molar-refractivity contribution >= 4 is 34.6 Å². The first-order chi connectivity index (χ1) is 16.2. The molecular weight excluding hydrogens is 481 g/mol. The number of aromatic nitrogens is 3. The molecule has 0 saturated heterocycles. The normalized spacial score (nSPS) is 17.6. The summed E-state index contributed by atoms with van der Waals surface area (Å²) in [6.07, 6.45) is 2.18. The third-order valence-electron chi connectivity index (χ3n) is 5.99. The predicted molar refractivity (Wildman–Crippen MR) is 128 cm³/mol. The number of H-pyrrole nitrogens is 1. The number of ether oxygens (including phenoxy) is 1. The van der Waals surface area contributed by atoms with Crippen molar-refractivity contribution in [2.45, 2.75) is 31.6 Å². The van der Waals surface area contributed by atoms with E-state index in [2.05, 4.69) is 27.6 Å². The molecule has 3 aromatic rings. The molecular formula is C22H19Cl2N7O3. The van der Waals surface area contributed by atoms with Crippen molar-refractivity contribution in [2.24, 2.45) is 0 Å². The minimum Gasteiger partial charge on any atom is -0.454 e. The lowest BCUT2D eigenvalue weighted by atomic mass is 10.2. The van der Waals surface area contributed by atoms with Crippen LogP contribution in [0.4, 0.5) is 11.4 Å². The van der Waals surface area contributed by atoms with Gasteiger partial charge in [0.1, 0.15) is 11.8 Å². The molecule has 34 heavy (non-hydrogen) atoms. The maximum atomic E-state index is 12.2. The van der Waals surface area contributed by atoms with Crippen LogP contribution in [0, 0.1) is 11.3 Å². The van der Waals surface area contributed by atoms with Crippen molar-refractivity contribution < 1.29 is 4.74 Å². The molecule has 2 aliphatic rings. The van der Waals surface area contributed by atoms with Crippen molar-refractivity contribution in [2.75, 3.05) is 17.3 Å². The van der Waals surface area contributed by atoms with Gasteiger partial charge in [-0.2, -0.15) is 9.94 Å². The largest absolute Gasteiger partial charge is 0.454 e. The van der Waals surface area contributed by atoms with Crippen molar-refractivity contribution in [3.8, 4) is 23.3 Å². The molecule has 1 aliphatic carbocycles. The lowest BCUT2D eigenvalue weighted by Crippen LogP contribution is -2.50. The Labute approximate surface area is 203 Å². The van der Waals surface area contributed by atoms with Gasteiger partial charge in [0.15, 0.2) is 12.0 Å². The second-order valence-corrected chi connectivity index (χ2v) is 9.17. The van der Waals surface area contributed by atoms with Crippen LogP contribution in [-0.4, -0.2) is 33.6 Å². The molecule has 1 saturated carbocycles. The van der Waals surface area contributed by atoms with Gasteiger partial charge >= 0.3 is 5.69 Å². The van der Waals surface area contributed by atoms with Crippen LogP contribution in [0.2, 0.25) is 10.0 Å². The van der Waals surface area contributed by atoms with Crippen LogP contribution in [-0.2, 0) is 0 Å². The van der Waals surface area contributed by atoms with Crippen molar-refractivity contribution in [1.82, 2.24) is 20.1 Å². The van der Waals surface area contributed by atoms with E-state index >= 15 is 0 Å². The maximum absolute atomic E-state index is 12.2. The summed E-state index contributed by atoms with van der Waals surface area (Å²) in [6, 6.07) is 10.1. The summed E-state index contributed by atoms with van der Waals surface area (Å²) in [5.41, 5.74) is 0.0691. The average Bonchev–Trinajstić information content (AvgIpc) is 3.42. The first-order valence-electron chi connectivity index (χ1n) is 10.4. The van der Waals surface area contributed by atoms with E-state index in [-0.39, 0.29) is 33.3 Å². The number of rotatable bonds is 5. The summed E-state index contributed by atoms with van der Waals surface area (Å²) >= 11 is 12.9. The molecule has 1 unspecified atom stereocenters. The number of hydrogen-bond acceptors (Lipinski definition) is 8. The third kappa shape index (κ3) is 3.68. The van der Waals surface area contributed by atoms with Crippen LogP contribution < -0.4 is 31.5 Å². The molecule has 1 aliphatic heterocycles. The molecule has 0 bridgehead atoms. The number of nitrogens with one attached hydrogen (secondary N) is 3. The summed E-state index contributed by atoms with van der Waals surface area (Å²) in [6.45, 7) is 2.22. The van der Waals surface area contributed by atoms with Gasteiger partial charge in [0.25, 0.3) is 5.56 Å². The number of halogens is 2. The number of nitriles is 1. The van der Waals surface area contributed by atoms with Crippen molar-refractivity contribution in [3.05, 3.63) is 66.9 Å². The van der Waals surface area contributed by atoms with Gasteiger partial charge in [-0.25, -0.2) is 4.79 Å². The van der Waals surface area contributed by atoms with Crippen LogP contribution >= 0.6 is 23.2 Å². The third-order valence-corrected chi connectivity index (χ3v) is 6.55. The highest BCUT2D eigenvalue weighted by Gasteiger charge is 2.49. The van der Waals surface area contributed by atoms with E-state index < -0.39 is 16.9 Å². The van der Waals surface area contributed by atoms with Crippen LogP contribution in [0.15, 0.2) is 39.9 Å². The average molecular weight is 500 g/mol. The molecule has 174 valence electrons. The summed E-state index contributed by atoms with van der Waals surface area (Å²) in [5.74, 6) is 0.736. The lowest BCUT2D eigenvalue weighted by Gasteiger charge is -2.32. The van der Waals surface area contributed by atoms with Gasteiger partial charge in [0, 0.05) is 11.6 Å².